The number of hydrazine groups is 1. The van der Waals surface area contributed by atoms with E-state index in [1.165, 1.54) is 5.69 Å². The molecule has 0 bridgehead atoms. The quantitative estimate of drug-likeness (QED) is 0.655. The van der Waals surface area contributed by atoms with E-state index in [-0.39, 0.29) is 5.50 Å². The van der Waals surface area contributed by atoms with E-state index in [1.54, 1.807) is 0 Å². The molecule has 0 spiro atoms. The maximum atomic E-state index is 4.43. The number of nitrogens with one attached hydrogen (secondary N) is 1. The molecule has 0 radical (unpaired) electrons. The zero-order chi connectivity index (χ0) is 9.26. The SMILES string of the molecule is CN1CN(c2ccccc2)C(S)N1. The highest BCUT2D eigenvalue weighted by molar-refractivity contribution is 7.81. The molecule has 1 aliphatic heterocycles. The molecule has 1 atom stereocenters. The van der Waals surface area contributed by atoms with Crippen LogP contribution in [0.2, 0.25) is 0 Å². The molecular formula is C9H13N3S. The summed E-state index contributed by atoms with van der Waals surface area (Å²) in [6.45, 7) is 0.859. The summed E-state index contributed by atoms with van der Waals surface area (Å²) in [5.41, 5.74) is 4.46. The third-order valence-electron chi connectivity index (χ3n) is 2.08. The van der Waals surface area contributed by atoms with Crippen LogP contribution in [-0.4, -0.2) is 24.2 Å². The first-order valence-corrected chi connectivity index (χ1v) is 4.76. The Labute approximate surface area is 83.7 Å². The molecule has 70 valence electrons. The van der Waals surface area contributed by atoms with Gasteiger partial charge < -0.3 is 4.90 Å². The van der Waals surface area contributed by atoms with Crippen LogP contribution in [0.5, 0.6) is 0 Å². The first-order chi connectivity index (χ1) is 6.27. The van der Waals surface area contributed by atoms with Crippen molar-refractivity contribution in [2.45, 2.75) is 5.50 Å². The van der Waals surface area contributed by atoms with Gasteiger partial charge in [-0.3, -0.25) is 0 Å². The molecule has 1 aliphatic rings. The molecule has 1 saturated heterocycles. The largest absolute Gasteiger partial charge is 0.332 e. The van der Waals surface area contributed by atoms with Crippen LogP contribution in [0.15, 0.2) is 30.3 Å². The summed E-state index contributed by atoms with van der Waals surface area (Å²) in [4.78, 5) is 2.18. The van der Waals surface area contributed by atoms with Gasteiger partial charge in [0.15, 0.2) is 0 Å². The van der Waals surface area contributed by atoms with Crippen LogP contribution in [-0.2, 0) is 0 Å². The van der Waals surface area contributed by atoms with E-state index in [0.717, 1.165) is 6.67 Å². The van der Waals surface area contributed by atoms with Gasteiger partial charge in [0.05, 0.1) is 6.67 Å². The second kappa shape index (κ2) is 3.57. The molecule has 0 aromatic heterocycles. The standard InChI is InChI=1S/C9H13N3S/c1-11-7-12(9(13)10-11)8-5-3-2-4-6-8/h2-6,9-10,13H,7H2,1H3. The maximum Gasteiger partial charge on any atom is 0.139 e. The van der Waals surface area contributed by atoms with Crippen LogP contribution in [0.1, 0.15) is 0 Å². The number of thiol groups is 1. The fraction of sp³-hybridized carbons (Fsp3) is 0.333. The second-order valence-corrected chi connectivity index (χ2v) is 3.64. The van der Waals surface area contributed by atoms with Gasteiger partial charge in [0, 0.05) is 12.7 Å². The smallest absolute Gasteiger partial charge is 0.139 e. The number of benzene rings is 1. The molecule has 0 amide bonds. The lowest BCUT2D eigenvalue weighted by molar-refractivity contribution is 0.311. The Bertz CT molecular complexity index is 277. The summed E-state index contributed by atoms with van der Waals surface area (Å²) in [6.07, 6.45) is 0. The highest BCUT2D eigenvalue weighted by Gasteiger charge is 2.24. The Hall–Kier alpha value is -0.710. The summed E-state index contributed by atoms with van der Waals surface area (Å²) in [5.74, 6) is 0. The first-order valence-electron chi connectivity index (χ1n) is 4.24. The molecule has 0 saturated carbocycles. The van der Waals surface area contributed by atoms with E-state index in [0.29, 0.717) is 0 Å². The number of anilines is 1. The lowest BCUT2D eigenvalue weighted by Crippen LogP contribution is -2.31. The van der Waals surface area contributed by atoms with E-state index in [4.69, 9.17) is 0 Å². The summed E-state index contributed by atoms with van der Waals surface area (Å²) in [5, 5.41) is 2.02. The molecule has 0 aliphatic carbocycles. The number of para-hydroxylation sites is 1. The Morgan fingerprint density at radius 1 is 1.38 bits per heavy atom. The van der Waals surface area contributed by atoms with Gasteiger partial charge in [-0.15, -0.1) is 12.6 Å². The molecule has 1 aromatic rings. The third-order valence-corrected chi connectivity index (χ3v) is 2.48. The van der Waals surface area contributed by atoms with E-state index in [2.05, 4.69) is 35.1 Å². The van der Waals surface area contributed by atoms with Crippen molar-refractivity contribution in [3.8, 4) is 0 Å². The number of hydrogen-bond donors (Lipinski definition) is 2. The highest BCUT2D eigenvalue weighted by atomic mass is 32.1. The topological polar surface area (TPSA) is 18.5 Å². The van der Waals surface area contributed by atoms with Crippen molar-refractivity contribution in [3.05, 3.63) is 30.3 Å². The molecule has 2 rings (SSSR count). The minimum atomic E-state index is 0.0763. The van der Waals surface area contributed by atoms with Gasteiger partial charge in [-0.25, -0.2) is 10.4 Å². The van der Waals surface area contributed by atoms with Crippen molar-refractivity contribution in [1.29, 1.82) is 0 Å². The van der Waals surface area contributed by atoms with E-state index in [1.807, 2.05) is 30.3 Å². The average molecular weight is 195 g/mol. The zero-order valence-electron chi connectivity index (χ0n) is 7.51. The number of nitrogens with zero attached hydrogens (tertiary/aromatic N) is 2. The van der Waals surface area contributed by atoms with Gasteiger partial charge in [-0.1, -0.05) is 18.2 Å². The molecule has 1 fully saturated rings. The number of rotatable bonds is 1. The second-order valence-electron chi connectivity index (χ2n) is 3.15. The molecule has 13 heavy (non-hydrogen) atoms. The van der Waals surface area contributed by atoms with Crippen LogP contribution in [0.4, 0.5) is 5.69 Å². The Kier molecular flexibility index (Phi) is 2.44. The maximum absolute atomic E-state index is 4.43. The first kappa shape index (κ1) is 8.87. The summed E-state index contributed by atoms with van der Waals surface area (Å²) < 4.78 is 0. The van der Waals surface area contributed by atoms with Crippen molar-refractivity contribution in [2.75, 3.05) is 18.6 Å². The molecule has 1 heterocycles. The zero-order valence-corrected chi connectivity index (χ0v) is 8.41. The minimum absolute atomic E-state index is 0.0763. The molecular weight excluding hydrogens is 182 g/mol. The monoisotopic (exact) mass is 195 g/mol. The van der Waals surface area contributed by atoms with E-state index >= 15 is 0 Å². The van der Waals surface area contributed by atoms with Gasteiger partial charge in [0.2, 0.25) is 0 Å². The fourth-order valence-corrected chi connectivity index (χ4v) is 1.86. The van der Waals surface area contributed by atoms with E-state index in [9.17, 15) is 0 Å². The van der Waals surface area contributed by atoms with Gasteiger partial charge in [-0.05, 0) is 12.1 Å². The lowest BCUT2D eigenvalue weighted by atomic mass is 10.3. The Morgan fingerprint density at radius 3 is 2.62 bits per heavy atom. The van der Waals surface area contributed by atoms with Gasteiger partial charge in [-0.2, -0.15) is 0 Å². The molecule has 1 N–H and O–H groups in total. The highest BCUT2D eigenvalue weighted by Crippen LogP contribution is 2.20. The molecule has 4 heteroatoms. The predicted molar refractivity (Wildman–Crippen MR) is 57.5 cm³/mol. The summed E-state index contributed by atoms with van der Waals surface area (Å²) in [7, 11) is 2.01. The van der Waals surface area contributed by atoms with Crippen LogP contribution >= 0.6 is 12.6 Å². The van der Waals surface area contributed by atoms with Crippen molar-refractivity contribution in [2.24, 2.45) is 0 Å². The minimum Gasteiger partial charge on any atom is -0.332 e. The van der Waals surface area contributed by atoms with Crippen molar-refractivity contribution in [3.63, 3.8) is 0 Å². The Morgan fingerprint density at radius 2 is 2.08 bits per heavy atom. The normalized spacial score (nSPS) is 23.8. The van der Waals surface area contributed by atoms with E-state index < -0.39 is 0 Å². The third kappa shape index (κ3) is 1.80. The lowest BCUT2D eigenvalue weighted by Gasteiger charge is -2.20. The summed E-state index contributed by atoms with van der Waals surface area (Å²) >= 11 is 4.43. The molecule has 1 unspecified atom stereocenters. The molecule has 1 aromatic carbocycles. The van der Waals surface area contributed by atoms with Gasteiger partial charge in [0.1, 0.15) is 5.50 Å². The van der Waals surface area contributed by atoms with Crippen molar-refractivity contribution in [1.82, 2.24) is 10.4 Å². The predicted octanol–water partition coefficient (Wildman–Crippen LogP) is 1.11. The van der Waals surface area contributed by atoms with Crippen molar-refractivity contribution < 1.29 is 0 Å². The fourth-order valence-electron chi connectivity index (χ4n) is 1.46. The van der Waals surface area contributed by atoms with Crippen LogP contribution in [0.25, 0.3) is 0 Å². The number of hydrogen-bond acceptors (Lipinski definition) is 4. The van der Waals surface area contributed by atoms with Crippen molar-refractivity contribution >= 4 is 18.3 Å². The average Bonchev–Trinajstić information content (AvgIpc) is 2.47. The Balaban J connectivity index is 2.18. The van der Waals surface area contributed by atoms with Crippen LogP contribution in [0.3, 0.4) is 0 Å². The van der Waals surface area contributed by atoms with Crippen LogP contribution in [0, 0.1) is 0 Å². The molecule has 3 nitrogen and oxygen atoms in total. The summed E-state index contributed by atoms with van der Waals surface area (Å²) in [6, 6.07) is 10.3. The van der Waals surface area contributed by atoms with Gasteiger partial charge in [0.25, 0.3) is 0 Å². The van der Waals surface area contributed by atoms with Gasteiger partial charge >= 0.3 is 0 Å². The van der Waals surface area contributed by atoms with Crippen LogP contribution < -0.4 is 10.3 Å².